The normalized spacial score (nSPS) is 19.1. The first-order valence-electron chi connectivity index (χ1n) is 9.00. The highest BCUT2D eigenvalue weighted by Gasteiger charge is 2.46. The predicted molar refractivity (Wildman–Crippen MR) is 113 cm³/mol. The summed E-state index contributed by atoms with van der Waals surface area (Å²) in [6, 6.07) is 26.3. The van der Waals surface area contributed by atoms with Crippen molar-refractivity contribution in [3.05, 3.63) is 101 Å². The zero-order chi connectivity index (χ0) is 19.5. The van der Waals surface area contributed by atoms with E-state index in [1.807, 2.05) is 78.9 Å². The fourth-order valence-corrected chi connectivity index (χ4v) is 4.82. The highest BCUT2D eigenvalue weighted by Crippen LogP contribution is 2.37. The average Bonchev–Trinajstić information content (AvgIpc) is 2.99. The van der Waals surface area contributed by atoms with E-state index in [1.165, 1.54) is 11.8 Å². The van der Waals surface area contributed by atoms with Gasteiger partial charge in [-0.05, 0) is 23.3 Å². The molecular weight excluding hydrogens is 390 g/mol. The molecule has 5 heteroatoms. The molecule has 2 unspecified atom stereocenters. The number of thioether (sulfide) groups is 1. The minimum Gasteiger partial charge on any atom is -0.344 e. The number of Topliss-reactive ketones (excluding diaryl/α,β-unsaturated/α-hetero) is 1. The van der Waals surface area contributed by atoms with Crippen LogP contribution in [0.1, 0.15) is 17.0 Å². The number of carbonyl (C=O) groups excluding carboxylic acids is 2. The van der Waals surface area contributed by atoms with E-state index in [0.29, 0.717) is 5.02 Å². The van der Waals surface area contributed by atoms with Crippen molar-refractivity contribution in [3.63, 3.8) is 0 Å². The van der Waals surface area contributed by atoms with Gasteiger partial charge < -0.3 is 5.32 Å². The van der Waals surface area contributed by atoms with Gasteiger partial charge in [0.05, 0.1) is 5.02 Å². The molecule has 28 heavy (non-hydrogen) atoms. The summed E-state index contributed by atoms with van der Waals surface area (Å²) in [7, 11) is 0. The zero-order valence-corrected chi connectivity index (χ0v) is 16.5. The second-order valence-corrected chi connectivity index (χ2v) is 8.17. The lowest BCUT2D eigenvalue weighted by Gasteiger charge is -2.23. The van der Waals surface area contributed by atoms with E-state index < -0.39 is 11.3 Å². The second kappa shape index (κ2) is 8.21. The summed E-state index contributed by atoms with van der Waals surface area (Å²) in [4.78, 5) is 26.7. The van der Waals surface area contributed by atoms with Crippen molar-refractivity contribution < 1.29 is 9.59 Å². The number of benzene rings is 3. The quantitative estimate of drug-likeness (QED) is 0.623. The maximum absolute atomic E-state index is 13.3. The lowest BCUT2D eigenvalue weighted by Crippen LogP contribution is -2.36. The monoisotopic (exact) mass is 407 g/mol. The van der Waals surface area contributed by atoms with Crippen molar-refractivity contribution >= 4 is 35.1 Å². The van der Waals surface area contributed by atoms with E-state index in [2.05, 4.69) is 5.32 Å². The topological polar surface area (TPSA) is 46.2 Å². The van der Waals surface area contributed by atoms with Gasteiger partial charge in [0, 0.05) is 10.8 Å². The van der Waals surface area contributed by atoms with Crippen molar-refractivity contribution in [2.24, 2.45) is 0 Å². The third-order valence-electron chi connectivity index (χ3n) is 4.83. The first-order chi connectivity index (χ1) is 13.6. The van der Waals surface area contributed by atoms with E-state index in [0.717, 1.165) is 16.0 Å². The molecule has 1 saturated heterocycles. The van der Waals surface area contributed by atoms with Crippen LogP contribution >= 0.6 is 23.4 Å². The smallest absolute Gasteiger partial charge is 0.241 e. The Morgan fingerprint density at radius 3 is 1.89 bits per heavy atom. The highest BCUT2D eigenvalue weighted by atomic mass is 35.5. The number of hydrogen-bond acceptors (Lipinski definition) is 3. The Labute approximate surface area is 173 Å². The van der Waals surface area contributed by atoms with Gasteiger partial charge in [-0.15, -0.1) is 11.8 Å². The van der Waals surface area contributed by atoms with Gasteiger partial charge in [-0.3, -0.25) is 9.59 Å². The number of ketones is 1. The fourth-order valence-electron chi connectivity index (χ4n) is 3.52. The zero-order valence-electron chi connectivity index (χ0n) is 14.9. The van der Waals surface area contributed by atoms with E-state index in [-0.39, 0.29) is 17.6 Å². The number of halogens is 1. The highest BCUT2D eigenvalue weighted by molar-refractivity contribution is 8.01. The minimum atomic E-state index is -0.806. The van der Waals surface area contributed by atoms with Crippen LogP contribution < -0.4 is 5.32 Å². The summed E-state index contributed by atoms with van der Waals surface area (Å²) in [6.07, 6.45) is 0. The third-order valence-corrected chi connectivity index (χ3v) is 6.57. The van der Waals surface area contributed by atoms with E-state index in [9.17, 15) is 9.59 Å². The van der Waals surface area contributed by atoms with Gasteiger partial charge >= 0.3 is 0 Å². The van der Waals surface area contributed by atoms with Gasteiger partial charge in [0.1, 0.15) is 11.3 Å². The Kier molecular flexibility index (Phi) is 5.51. The van der Waals surface area contributed by atoms with Crippen LogP contribution in [0.2, 0.25) is 5.02 Å². The van der Waals surface area contributed by atoms with Crippen molar-refractivity contribution in [1.29, 1.82) is 0 Å². The Bertz CT molecular complexity index is 954. The maximum atomic E-state index is 13.3. The van der Waals surface area contributed by atoms with Gasteiger partial charge in [0.2, 0.25) is 5.91 Å². The van der Waals surface area contributed by atoms with E-state index >= 15 is 0 Å². The van der Waals surface area contributed by atoms with E-state index in [1.54, 1.807) is 6.07 Å². The summed E-state index contributed by atoms with van der Waals surface area (Å²) in [5, 5.41) is 2.67. The molecule has 0 spiro atoms. The average molecular weight is 408 g/mol. The van der Waals surface area contributed by atoms with Gasteiger partial charge in [0.15, 0.2) is 5.78 Å². The number of carbonyl (C=O) groups is 2. The molecule has 1 aliphatic rings. The molecule has 3 aromatic carbocycles. The minimum absolute atomic E-state index is 0.118. The van der Waals surface area contributed by atoms with Crippen LogP contribution in [0.3, 0.4) is 0 Å². The molecule has 0 aliphatic carbocycles. The largest absolute Gasteiger partial charge is 0.344 e. The Morgan fingerprint density at radius 1 is 0.786 bits per heavy atom. The summed E-state index contributed by atoms with van der Waals surface area (Å²) >= 11 is 7.44. The summed E-state index contributed by atoms with van der Waals surface area (Å²) in [6.45, 7) is 0. The number of hydrogen-bond donors (Lipinski definition) is 1. The molecule has 3 nitrogen and oxygen atoms in total. The standard InChI is InChI=1S/C23H18ClNO2S/c24-17-13-7-8-14-18(17)28-22-21(26)20(25-23(22)27)19(15-9-3-1-4-10-15)16-11-5-2-6-12-16/h1-14,19-20,22H,(H,25,27). The molecule has 0 saturated carbocycles. The van der Waals surface area contributed by atoms with Gasteiger partial charge in [-0.1, -0.05) is 84.4 Å². The number of nitrogens with one attached hydrogen (secondary N) is 1. The molecule has 1 fully saturated rings. The summed E-state index contributed by atoms with van der Waals surface area (Å²) < 4.78 is 0. The number of rotatable bonds is 5. The third kappa shape index (κ3) is 3.71. The van der Waals surface area contributed by atoms with Gasteiger partial charge in [-0.25, -0.2) is 0 Å². The molecule has 1 aliphatic heterocycles. The van der Waals surface area contributed by atoms with Gasteiger partial charge in [-0.2, -0.15) is 0 Å². The molecular formula is C23H18ClNO2S. The summed E-state index contributed by atoms with van der Waals surface area (Å²) in [5.74, 6) is -0.625. The molecule has 1 heterocycles. The molecule has 0 radical (unpaired) electrons. The summed E-state index contributed by atoms with van der Waals surface area (Å²) in [5.41, 5.74) is 1.99. The molecule has 2 atom stereocenters. The first-order valence-corrected chi connectivity index (χ1v) is 10.3. The van der Waals surface area contributed by atoms with Crippen LogP contribution in [0.25, 0.3) is 0 Å². The fraction of sp³-hybridized carbons (Fsp3) is 0.130. The van der Waals surface area contributed by atoms with Gasteiger partial charge in [0.25, 0.3) is 0 Å². The second-order valence-electron chi connectivity index (χ2n) is 6.62. The molecule has 140 valence electrons. The molecule has 1 N–H and O–H groups in total. The molecule has 1 amide bonds. The van der Waals surface area contributed by atoms with Crippen molar-refractivity contribution in [2.75, 3.05) is 0 Å². The van der Waals surface area contributed by atoms with Crippen LogP contribution in [0.15, 0.2) is 89.8 Å². The lowest BCUT2D eigenvalue weighted by molar-refractivity contribution is -0.121. The van der Waals surface area contributed by atoms with Crippen molar-refractivity contribution in [2.45, 2.75) is 22.1 Å². The number of amides is 1. The Morgan fingerprint density at radius 2 is 1.32 bits per heavy atom. The van der Waals surface area contributed by atoms with E-state index in [4.69, 9.17) is 11.6 Å². The SMILES string of the molecule is O=C1NC(C(c2ccccc2)c2ccccc2)C(=O)C1Sc1ccccc1Cl. The Balaban J connectivity index is 1.67. The molecule has 3 aromatic rings. The molecule has 4 rings (SSSR count). The lowest BCUT2D eigenvalue weighted by atomic mass is 9.84. The Hall–Kier alpha value is -2.56. The van der Waals surface area contributed by atoms with Crippen molar-refractivity contribution in [3.8, 4) is 0 Å². The molecule has 0 bridgehead atoms. The van der Waals surface area contributed by atoms with Crippen LogP contribution in [-0.4, -0.2) is 23.0 Å². The predicted octanol–water partition coefficient (Wildman–Crippen LogP) is 4.70. The molecule has 0 aromatic heterocycles. The maximum Gasteiger partial charge on any atom is 0.241 e. The van der Waals surface area contributed by atoms with Crippen LogP contribution in [-0.2, 0) is 9.59 Å². The van der Waals surface area contributed by atoms with Crippen LogP contribution in [0.4, 0.5) is 0 Å². The van der Waals surface area contributed by atoms with Crippen LogP contribution in [0, 0.1) is 0 Å². The first kappa shape index (κ1) is 18.8. The van der Waals surface area contributed by atoms with Crippen molar-refractivity contribution in [1.82, 2.24) is 5.32 Å². The van der Waals surface area contributed by atoms with Crippen LogP contribution in [0.5, 0.6) is 0 Å².